The van der Waals surface area contributed by atoms with E-state index < -0.39 is 12.2 Å². The summed E-state index contributed by atoms with van der Waals surface area (Å²) in [5, 5.41) is 23.8. The predicted octanol–water partition coefficient (Wildman–Crippen LogP) is 1.64. The molecule has 0 aromatic carbocycles. The van der Waals surface area contributed by atoms with Crippen LogP contribution in [0.1, 0.15) is 58.8 Å². The smallest absolute Gasteiger partial charge is 0.0966 e. The number of hydrogen-bond acceptors (Lipinski definition) is 4. The Balaban J connectivity index is 2.46. The molecule has 1 aliphatic carbocycles. The Hall–Kier alpha value is -0.160. The number of likely N-dealkylation sites (N-methyl/N-ethyl adjacent to an activating group) is 1. The van der Waals surface area contributed by atoms with Crippen molar-refractivity contribution in [2.24, 2.45) is 17.6 Å². The molecule has 1 saturated carbocycles. The van der Waals surface area contributed by atoms with Crippen LogP contribution in [0.3, 0.4) is 0 Å². The van der Waals surface area contributed by atoms with Gasteiger partial charge in [-0.25, -0.2) is 0 Å². The normalized spacial score (nSPS) is 23.6. The van der Waals surface area contributed by atoms with Crippen molar-refractivity contribution >= 4 is 0 Å². The molecule has 0 spiro atoms. The molecular formula is C16H34N2O2. The number of hydrogen-bond donors (Lipinski definition) is 4. The van der Waals surface area contributed by atoms with Gasteiger partial charge >= 0.3 is 0 Å². The van der Waals surface area contributed by atoms with Gasteiger partial charge in [0.1, 0.15) is 0 Å². The summed E-state index contributed by atoms with van der Waals surface area (Å²) in [6.07, 6.45) is 6.36. The van der Waals surface area contributed by atoms with E-state index in [1.165, 1.54) is 32.1 Å². The third kappa shape index (κ3) is 5.68. The molecule has 0 bridgehead atoms. The quantitative estimate of drug-likeness (QED) is 0.547. The van der Waals surface area contributed by atoms with Crippen molar-refractivity contribution in [3.05, 3.63) is 0 Å². The fourth-order valence-corrected chi connectivity index (χ4v) is 3.37. The fourth-order valence-electron chi connectivity index (χ4n) is 3.37. The first kappa shape index (κ1) is 17.9. The van der Waals surface area contributed by atoms with Gasteiger partial charge < -0.3 is 21.3 Å². The van der Waals surface area contributed by atoms with Gasteiger partial charge in [-0.1, -0.05) is 46.0 Å². The van der Waals surface area contributed by atoms with E-state index in [9.17, 15) is 10.2 Å². The average Bonchev–Trinajstić information content (AvgIpc) is 2.44. The Morgan fingerprint density at radius 3 is 2.20 bits per heavy atom. The van der Waals surface area contributed by atoms with Crippen LogP contribution in [0.25, 0.3) is 0 Å². The first-order chi connectivity index (χ1) is 9.45. The molecule has 0 amide bonds. The van der Waals surface area contributed by atoms with Crippen molar-refractivity contribution in [3.8, 4) is 0 Å². The van der Waals surface area contributed by atoms with Gasteiger partial charge in [0.2, 0.25) is 0 Å². The summed E-state index contributed by atoms with van der Waals surface area (Å²) in [4.78, 5) is 0. The summed E-state index contributed by atoms with van der Waals surface area (Å²) in [7, 11) is 1.83. The van der Waals surface area contributed by atoms with Gasteiger partial charge in [0.25, 0.3) is 0 Å². The second kappa shape index (κ2) is 8.98. The highest BCUT2D eigenvalue weighted by atomic mass is 16.3. The lowest BCUT2D eigenvalue weighted by Crippen LogP contribution is -2.52. The molecule has 1 fully saturated rings. The summed E-state index contributed by atoms with van der Waals surface area (Å²) >= 11 is 0. The maximum Gasteiger partial charge on any atom is 0.0966 e. The zero-order chi connectivity index (χ0) is 15.1. The lowest BCUT2D eigenvalue weighted by atomic mass is 9.82. The zero-order valence-electron chi connectivity index (χ0n) is 13.4. The maximum atomic E-state index is 10.3. The number of aliphatic hydroxyl groups is 2. The molecule has 4 nitrogen and oxygen atoms in total. The highest BCUT2D eigenvalue weighted by Crippen LogP contribution is 2.28. The first-order valence-electron chi connectivity index (χ1n) is 8.24. The van der Waals surface area contributed by atoms with E-state index in [0.29, 0.717) is 11.8 Å². The minimum Gasteiger partial charge on any atom is -0.389 e. The standard InChI is InChI=1S/C16H34N2O2/c1-11(2)9-14(18-3)16(20)15(19)13(17)10-12-7-5-4-6-8-12/h11-16,18-20H,4-10,17H2,1-3H3/t13-,14?,15+,16-/m0/s1. The molecule has 4 heteroatoms. The number of rotatable bonds is 8. The van der Waals surface area contributed by atoms with Crippen LogP contribution in [0.15, 0.2) is 0 Å². The Morgan fingerprint density at radius 2 is 1.70 bits per heavy atom. The van der Waals surface area contributed by atoms with Crippen LogP contribution in [0.4, 0.5) is 0 Å². The van der Waals surface area contributed by atoms with Crippen molar-refractivity contribution in [2.45, 2.75) is 83.1 Å². The summed E-state index contributed by atoms with van der Waals surface area (Å²) in [6, 6.07) is -0.418. The van der Waals surface area contributed by atoms with Crippen LogP contribution in [-0.4, -0.2) is 41.6 Å². The molecule has 4 atom stereocenters. The average molecular weight is 286 g/mol. The lowest BCUT2D eigenvalue weighted by molar-refractivity contribution is -0.0240. The first-order valence-corrected chi connectivity index (χ1v) is 8.24. The Morgan fingerprint density at radius 1 is 1.10 bits per heavy atom. The third-order valence-corrected chi connectivity index (χ3v) is 4.63. The third-order valence-electron chi connectivity index (χ3n) is 4.63. The molecule has 20 heavy (non-hydrogen) atoms. The fraction of sp³-hybridized carbons (Fsp3) is 1.00. The van der Waals surface area contributed by atoms with Gasteiger partial charge in [0, 0.05) is 12.1 Å². The second-order valence-corrected chi connectivity index (χ2v) is 6.91. The van der Waals surface area contributed by atoms with Crippen molar-refractivity contribution in [1.82, 2.24) is 5.32 Å². The predicted molar refractivity (Wildman–Crippen MR) is 83.5 cm³/mol. The molecule has 1 unspecified atom stereocenters. The molecule has 1 rings (SSSR count). The van der Waals surface area contributed by atoms with Gasteiger partial charge in [0.15, 0.2) is 0 Å². The zero-order valence-corrected chi connectivity index (χ0v) is 13.4. The molecule has 0 aromatic rings. The van der Waals surface area contributed by atoms with E-state index in [2.05, 4.69) is 19.2 Å². The summed E-state index contributed by atoms with van der Waals surface area (Å²) in [5.41, 5.74) is 6.13. The van der Waals surface area contributed by atoms with Crippen LogP contribution in [0, 0.1) is 11.8 Å². The Bertz CT molecular complexity index is 255. The SMILES string of the molecule is CNC(CC(C)C)[C@H](O)[C@H](O)[C@@H](N)CC1CCCCC1. The number of nitrogens with two attached hydrogens (primary N) is 1. The topological polar surface area (TPSA) is 78.5 Å². The minimum atomic E-state index is -0.840. The molecule has 120 valence electrons. The van der Waals surface area contributed by atoms with E-state index >= 15 is 0 Å². The second-order valence-electron chi connectivity index (χ2n) is 6.91. The molecule has 0 saturated heterocycles. The molecule has 0 radical (unpaired) electrons. The highest BCUT2D eigenvalue weighted by molar-refractivity contribution is 4.88. The van der Waals surface area contributed by atoms with E-state index in [1.807, 2.05) is 7.05 Å². The summed E-state index contributed by atoms with van der Waals surface area (Å²) in [5.74, 6) is 1.10. The van der Waals surface area contributed by atoms with Crippen LogP contribution in [-0.2, 0) is 0 Å². The van der Waals surface area contributed by atoms with Crippen LogP contribution in [0.2, 0.25) is 0 Å². The molecule has 5 N–H and O–H groups in total. The Labute approximate surface area is 124 Å². The largest absolute Gasteiger partial charge is 0.389 e. The monoisotopic (exact) mass is 286 g/mol. The minimum absolute atomic E-state index is 0.0950. The van der Waals surface area contributed by atoms with Gasteiger partial charge in [-0.15, -0.1) is 0 Å². The van der Waals surface area contributed by atoms with Crippen molar-refractivity contribution in [2.75, 3.05) is 7.05 Å². The van der Waals surface area contributed by atoms with Gasteiger partial charge in [0.05, 0.1) is 12.2 Å². The highest BCUT2D eigenvalue weighted by Gasteiger charge is 2.31. The van der Waals surface area contributed by atoms with E-state index in [0.717, 1.165) is 12.8 Å². The van der Waals surface area contributed by atoms with E-state index in [-0.39, 0.29) is 12.1 Å². The molecule has 0 aromatic heterocycles. The molecular weight excluding hydrogens is 252 g/mol. The van der Waals surface area contributed by atoms with Crippen molar-refractivity contribution in [1.29, 1.82) is 0 Å². The Kier molecular flexibility index (Phi) is 8.03. The van der Waals surface area contributed by atoms with Crippen LogP contribution >= 0.6 is 0 Å². The maximum absolute atomic E-state index is 10.3. The van der Waals surface area contributed by atoms with Crippen LogP contribution in [0.5, 0.6) is 0 Å². The molecule has 1 aliphatic rings. The lowest BCUT2D eigenvalue weighted by Gasteiger charge is -2.33. The van der Waals surface area contributed by atoms with Gasteiger partial charge in [-0.3, -0.25) is 0 Å². The van der Waals surface area contributed by atoms with Gasteiger partial charge in [-0.05, 0) is 31.7 Å². The summed E-state index contributed by atoms with van der Waals surface area (Å²) < 4.78 is 0. The van der Waals surface area contributed by atoms with Crippen molar-refractivity contribution < 1.29 is 10.2 Å². The molecule has 0 heterocycles. The van der Waals surface area contributed by atoms with Crippen LogP contribution < -0.4 is 11.1 Å². The van der Waals surface area contributed by atoms with Gasteiger partial charge in [-0.2, -0.15) is 0 Å². The summed E-state index contributed by atoms with van der Waals surface area (Å²) in [6.45, 7) is 4.23. The number of nitrogens with one attached hydrogen (secondary N) is 1. The molecule has 0 aliphatic heterocycles. The van der Waals surface area contributed by atoms with Crippen molar-refractivity contribution in [3.63, 3.8) is 0 Å². The van der Waals surface area contributed by atoms with E-state index in [4.69, 9.17) is 5.73 Å². The number of aliphatic hydroxyl groups excluding tert-OH is 2. The van der Waals surface area contributed by atoms with E-state index in [1.54, 1.807) is 0 Å².